The first-order valence-corrected chi connectivity index (χ1v) is 10.9. The smallest absolute Gasteiger partial charge is 0.255 e. The monoisotopic (exact) mass is 440 g/mol. The van der Waals surface area contributed by atoms with Crippen LogP contribution in [0.3, 0.4) is 0 Å². The van der Waals surface area contributed by atoms with E-state index < -0.39 is 0 Å². The lowest BCUT2D eigenvalue weighted by Gasteiger charge is -2.12. The van der Waals surface area contributed by atoms with Crippen LogP contribution >= 0.6 is 0 Å². The molecule has 7 heteroatoms. The molecule has 0 unspecified atom stereocenters. The van der Waals surface area contributed by atoms with Crippen LogP contribution in [0.25, 0.3) is 5.65 Å². The van der Waals surface area contributed by atoms with Crippen LogP contribution < -0.4 is 15.4 Å². The fourth-order valence-electron chi connectivity index (χ4n) is 3.58. The minimum Gasteiger partial charge on any atom is -0.487 e. The van der Waals surface area contributed by atoms with Crippen molar-refractivity contribution in [2.24, 2.45) is 0 Å². The summed E-state index contributed by atoms with van der Waals surface area (Å²) in [4.78, 5) is 29.9. The summed E-state index contributed by atoms with van der Waals surface area (Å²) < 4.78 is 7.85. The third-order valence-corrected chi connectivity index (χ3v) is 5.46. The summed E-state index contributed by atoms with van der Waals surface area (Å²) in [7, 11) is 0. The number of benzene rings is 2. The molecule has 2 amide bonds. The number of rotatable bonds is 7. The standard InChI is InChI=1S/C26H24N4O3/c1-17-9-12-24-27-20(15-30(24)14-17)16-33-21-6-4-5-18(13-21)25(31)29-23-8-3-2-7-22(23)26(32)28-19-10-11-19/h2-9,12-15,19H,10-11,16H2,1H3,(H,28,32)(H,29,31). The van der Waals surface area contributed by atoms with E-state index in [4.69, 9.17) is 4.74 Å². The predicted octanol–water partition coefficient (Wildman–Crippen LogP) is 4.37. The number of carbonyl (C=O) groups excluding carboxylic acids is 2. The molecule has 4 aromatic rings. The summed E-state index contributed by atoms with van der Waals surface area (Å²) in [6, 6.07) is 18.2. The Morgan fingerprint density at radius 1 is 1.03 bits per heavy atom. The molecule has 2 N–H and O–H groups in total. The van der Waals surface area contributed by atoms with Crippen LogP contribution in [0.4, 0.5) is 5.69 Å². The average Bonchev–Trinajstić information content (AvgIpc) is 3.54. The summed E-state index contributed by atoms with van der Waals surface area (Å²) in [5.41, 5.74) is 4.18. The molecule has 0 saturated heterocycles. The van der Waals surface area contributed by atoms with Crippen LogP contribution in [0.15, 0.2) is 73.1 Å². The SMILES string of the molecule is Cc1ccc2nc(COc3cccc(C(=O)Nc4ccccc4C(=O)NC4CC4)c3)cn2c1. The molecule has 1 aliphatic rings. The molecule has 0 spiro atoms. The zero-order chi connectivity index (χ0) is 22.8. The van der Waals surface area contributed by atoms with E-state index in [2.05, 4.69) is 15.6 Å². The topological polar surface area (TPSA) is 84.7 Å². The molecule has 7 nitrogen and oxygen atoms in total. The van der Waals surface area contributed by atoms with Gasteiger partial charge in [0.2, 0.25) is 0 Å². The highest BCUT2D eigenvalue weighted by Crippen LogP contribution is 2.22. The minimum absolute atomic E-state index is 0.173. The van der Waals surface area contributed by atoms with Crippen molar-refractivity contribution < 1.29 is 14.3 Å². The van der Waals surface area contributed by atoms with Crippen molar-refractivity contribution in [2.45, 2.75) is 32.4 Å². The Kier molecular flexibility index (Phi) is 5.52. The zero-order valence-corrected chi connectivity index (χ0v) is 18.2. The van der Waals surface area contributed by atoms with Crippen molar-refractivity contribution in [3.63, 3.8) is 0 Å². The summed E-state index contributed by atoms with van der Waals surface area (Å²) in [5, 5.41) is 5.81. The average molecular weight is 441 g/mol. The quantitative estimate of drug-likeness (QED) is 0.447. The Morgan fingerprint density at radius 2 is 1.88 bits per heavy atom. The first kappa shape index (κ1) is 20.8. The molecule has 0 atom stereocenters. The molecule has 0 aliphatic heterocycles. The molecule has 1 saturated carbocycles. The number of amides is 2. The van der Waals surface area contributed by atoms with E-state index in [9.17, 15) is 9.59 Å². The molecule has 166 valence electrons. The number of hydrogen-bond donors (Lipinski definition) is 2. The number of imidazole rings is 1. The highest BCUT2D eigenvalue weighted by atomic mass is 16.5. The molecular weight excluding hydrogens is 416 g/mol. The van der Waals surface area contributed by atoms with E-state index >= 15 is 0 Å². The normalized spacial score (nSPS) is 13.0. The molecule has 2 heterocycles. The number of ether oxygens (including phenoxy) is 1. The Bertz CT molecular complexity index is 1340. The molecule has 2 aromatic heterocycles. The van der Waals surface area contributed by atoms with E-state index in [0.29, 0.717) is 22.6 Å². The number of nitrogens with one attached hydrogen (secondary N) is 2. The molecule has 1 fully saturated rings. The number of hydrogen-bond acceptors (Lipinski definition) is 4. The van der Waals surface area contributed by atoms with Crippen LogP contribution in [0.5, 0.6) is 5.75 Å². The summed E-state index contributed by atoms with van der Waals surface area (Å²) in [6.07, 6.45) is 5.95. The number of anilines is 1. The number of aryl methyl sites for hydroxylation is 1. The van der Waals surface area contributed by atoms with Crippen molar-refractivity contribution in [3.8, 4) is 5.75 Å². The summed E-state index contributed by atoms with van der Waals surface area (Å²) >= 11 is 0. The Morgan fingerprint density at radius 3 is 2.73 bits per heavy atom. The molecule has 0 bridgehead atoms. The van der Waals surface area contributed by atoms with Crippen molar-refractivity contribution in [1.82, 2.24) is 14.7 Å². The van der Waals surface area contributed by atoms with Gasteiger partial charge in [-0.2, -0.15) is 0 Å². The van der Waals surface area contributed by atoms with Gasteiger partial charge in [-0.1, -0.05) is 24.3 Å². The van der Waals surface area contributed by atoms with Gasteiger partial charge in [-0.3, -0.25) is 9.59 Å². The summed E-state index contributed by atoms with van der Waals surface area (Å²) in [6.45, 7) is 2.32. The molecule has 2 aromatic carbocycles. The zero-order valence-electron chi connectivity index (χ0n) is 18.2. The van der Waals surface area contributed by atoms with Crippen molar-refractivity contribution in [2.75, 3.05) is 5.32 Å². The lowest BCUT2D eigenvalue weighted by atomic mass is 10.1. The predicted molar refractivity (Wildman–Crippen MR) is 126 cm³/mol. The molecule has 0 radical (unpaired) electrons. The van der Waals surface area contributed by atoms with Crippen molar-refractivity contribution in [1.29, 1.82) is 0 Å². The Balaban J connectivity index is 1.27. The van der Waals surface area contributed by atoms with Gasteiger partial charge >= 0.3 is 0 Å². The molecule has 5 rings (SSSR count). The third-order valence-electron chi connectivity index (χ3n) is 5.46. The highest BCUT2D eigenvalue weighted by molar-refractivity contribution is 6.09. The van der Waals surface area contributed by atoms with Gasteiger partial charge in [0.1, 0.15) is 18.0 Å². The van der Waals surface area contributed by atoms with Gasteiger partial charge in [0.25, 0.3) is 11.8 Å². The number of aromatic nitrogens is 2. The number of para-hydroxylation sites is 1. The fourth-order valence-corrected chi connectivity index (χ4v) is 3.58. The van der Waals surface area contributed by atoms with E-state index in [0.717, 1.165) is 29.7 Å². The van der Waals surface area contributed by atoms with Gasteiger partial charge in [-0.25, -0.2) is 4.98 Å². The fraction of sp³-hybridized carbons (Fsp3) is 0.192. The number of pyridine rings is 1. The van der Waals surface area contributed by atoms with Gasteiger partial charge in [-0.05, 0) is 61.7 Å². The second-order valence-electron chi connectivity index (χ2n) is 8.27. The van der Waals surface area contributed by atoms with Crippen LogP contribution in [0.2, 0.25) is 0 Å². The van der Waals surface area contributed by atoms with E-state index in [1.807, 2.05) is 35.9 Å². The van der Waals surface area contributed by atoms with Crippen molar-refractivity contribution >= 4 is 23.1 Å². The Labute approximate surface area is 191 Å². The maximum atomic E-state index is 12.9. The number of carbonyl (C=O) groups is 2. The highest BCUT2D eigenvalue weighted by Gasteiger charge is 2.25. The molecule has 1 aliphatic carbocycles. The van der Waals surface area contributed by atoms with Gasteiger partial charge < -0.3 is 19.8 Å². The Hall–Kier alpha value is -4.13. The van der Waals surface area contributed by atoms with Gasteiger partial charge in [0.15, 0.2) is 0 Å². The van der Waals surface area contributed by atoms with E-state index in [1.165, 1.54) is 0 Å². The third kappa shape index (κ3) is 4.87. The van der Waals surface area contributed by atoms with Crippen LogP contribution in [0, 0.1) is 6.92 Å². The second-order valence-corrected chi connectivity index (χ2v) is 8.27. The first-order valence-electron chi connectivity index (χ1n) is 10.9. The van der Waals surface area contributed by atoms with Crippen LogP contribution in [0.1, 0.15) is 44.8 Å². The van der Waals surface area contributed by atoms with E-state index in [-0.39, 0.29) is 24.5 Å². The van der Waals surface area contributed by atoms with Gasteiger partial charge in [0.05, 0.1) is 16.9 Å². The lowest BCUT2D eigenvalue weighted by molar-refractivity contribution is 0.0952. The van der Waals surface area contributed by atoms with Crippen molar-refractivity contribution in [3.05, 3.63) is 95.4 Å². The first-order chi connectivity index (χ1) is 16.0. The largest absolute Gasteiger partial charge is 0.487 e. The van der Waals surface area contributed by atoms with E-state index in [1.54, 1.807) is 48.5 Å². The number of fused-ring (bicyclic) bond motifs is 1. The molecular formula is C26H24N4O3. The summed E-state index contributed by atoms with van der Waals surface area (Å²) in [5.74, 6) is 0.0825. The van der Waals surface area contributed by atoms with Crippen LogP contribution in [-0.4, -0.2) is 27.2 Å². The lowest BCUT2D eigenvalue weighted by Crippen LogP contribution is -2.27. The van der Waals surface area contributed by atoms with Gasteiger partial charge in [0, 0.05) is 24.0 Å². The minimum atomic E-state index is -0.310. The maximum absolute atomic E-state index is 12.9. The maximum Gasteiger partial charge on any atom is 0.255 e. The number of nitrogens with zero attached hydrogens (tertiary/aromatic N) is 2. The van der Waals surface area contributed by atoms with Crippen LogP contribution in [-0.2, 0) is 6.61 Å². The second kappa shape index (κ2) is 8.78. The molecule has 33 heavy (non-hydrogen) atoms. The van der Waals surface area contributed by atoms with Gasteiger partial charge in [-0.15, -0.1) is 0 Å².